The van der Waals surface area contributed by atoms with Gasteiger partial charge in [-0.15, -0.1) is 11.3 Å². The van der Waals surface area contributed by atoms with Gasteiger partial charge in [0.15, 0.2) is 0 Å². The molecule has 0 saturated heterocycles. The maximum atomic E-state index is 13.4. The van der Waals surface area contributed by atoms with Crippen molar-refractivity contribution in [3.63, 3.8) is 0 Å². The highest BCUT2D eigenvalue weighted by molar-refractivity contribution is 7.21. The van der Waals surface area contributed by atoms with Gasteiger partial charge in [-0.2, -0.15) is 4.98 Å². The van der Waals surface area contributed by atoms with E-state index in [1.807, 2.05) is 26.8 Å². The van der Waals surface area contributed by atoms with Gasteiger partial charge < -0.3 is 26.0 Å². The summed E-state index contributed by atoms with van der Waals surface area (Å²) in [6.45, 7) is 5.31. The van der Waals surface area contributed by atoms with Crippen LogP contribution in [0.15, 0.2) is 12.3 Å². The summed E-state index contributed by atoms with van der Waals surface area (Å²) in [5.74, 6) is -2.56. The smallest absolute Gasteiger partial charge is 0.248 e. The maximum absolute atomic E-state index is 13.4. The lowest BCUT2D eigenvalue weighted by molar-refractivity contribution is -0.113. The van der Waals surface area contributed by atoms with Crippen molar-refractivity contribution in [2.45, 2.75) is 70.2 Å². The van der Waals surface area contributed by atoms with Gasteiger partial charge in [-0.25, -0.2) is 18.7 Å². The van der Waals surface area contributed by atoms with Crippen molar-refractivity contribution in [2.75, 3.05) is 17.2 Å². The van der Waals surface area contributed by atoms with E-state index in [0.717, 1.165) is 15.9 Å². The third-order valence-corrected chi connectivity index (χ3v) is 8.38. The summed E-state index contributed by atoms with van der Waals surface area (Å²) in [6.07, 6.45) is -0.423. The van der Waals surface area contributed by atoms with Crippen LogP contribution < -0.4 is 10.6 Å². The number of halogens is 2. The van der Waals surface area contributed by atoms with Crippen LogP contribution in [0.25, 0.3) is 20.8 Å². The molecule has 3 heterocycles. The summed E-state index contributed by atoms with van der Waals surface area (Å²) in [5, 5.41) is 37.6. The number of pyridine rings is 1. The van der Waals surface area contributed by atoms with Gasteiger partial charge in [0.1, 0.15) is 22.4 Å². The first kappa shape index (κ1) is 25.1. The minimum Gasteiger partial charge on any atom is -0.396 e. The van der Waals surface area contributed by atoms with Crippen LogP contribution in [0.1, 0.15) is 37.6 Å². The Kier molecular flexibility index (Phi) is 6.56. The number of thiazole rings is 1. The van der Waals surface area contributed by atoms with Crippen LogP contribution in [0.3, 0.4) is 0 Å². The molecule has 194 valence electrons. The van der Waals surface area contributed by atoms with Crippen LogP contribution in [-0.2, 0) is 0 Å². The van der Waals surface area contributed by atoms with Crippen molar-refractivity contribution >= 4 is 33.3 Å². The Labute approximate surface area is 211 Å². The molecule has 0 bridgehead atoms. The van der Waals surface area contributed by atoms with Crippen molar-refractivity contribution < 1.29 is 24.1 Å². The molecule has 3 aromatic rings. The third-order valence-electron chi connectivity index (χ3n) is 7.34. The topological polar surface area (TPSA) is 136 Å². The summed E-state index contributed by atoms with van der Waals surface area (Å²) in [4.78, 5) is 18.4. The molecule has 2 aliphatic carbocycles. The number of aromatic nitrogens is 4. The molecule has 12 heteroatoms. The fraction of sp³-hybridized carbons (Fsp3) is 0.583. The highest BCUT2D eigenvalue weighted by Gasteiger charge is 2.47. The number of anilines is 2. The highest BCUT2D eigenvalue weighted by atomic mass is 32.1. The summed E-state index contributed by atoms with van der Waals surface area (Å²) in [7, 11) is 0. The molecular formula is C24H30F2N6O3S. The molecular weight excluding hydrogens is 490 g/mol. The molecule has 2 fully saturated rings. The Bertz CT molecular complexity index is 1270. The monoisotopic (exact) mass is 520 g/mol. The molecule has 0 spiro atoms. The number of nitrogens with one attached hydrogen (secondary N) is 2. The van der Waals surface area contributed by atoms with Crippen molar-refractivity contribution in [3.8, 4) is 10.6 Å². The van der Waals surface area contributed by atoms with Crippen molar-refractivity contribution in [3.05, 3.63) is 23.7 Å². The minimum atomic E-state index is -2.61. The third kappa shape index (κ3) is 4.62. The van der Waals surface area contributed by atoms with Crippen LogP contribution in [0.5, 0.6) is 0 Å². The van der Waals surface area contributed by atoms with Gasteiger partial charge in [-0.3, -0.25) is 4.98 Å². The number of aliphatic hydroxyl groups excluding tert-OH is 3. The first-order valence-electron chi connectivity index (χ1n) is 12.1. The first-order valence-corrected chi connectivity index (χ1v) is 12.9. The summed E-state index contributed by atoms with van der Waals surface area (Å²) >= 11 is 1.47. The van der Waals surface area contributed by atoms with Crippen molar-refractivity contribution in [1.82, 2.24) is 19.9 Å². The Morgan fingerprint density at radius 1 is 1.14 bits per heavy atom. The number of aryl methyl sites for hydroxylation is 2. The van der Waals surface area contributed by atoms with E-state index in [2.05, 4.69) is 25.6 Å². The molecule has 2 saturated carbocycles. The fourth-order valence-corrected chi connectivity index (χ4v) is 6.20. The van der Waals surface area contributed by atoms with Gasteiger partial charge in [0.2, 0.25) is 11.9 Å². The predicted octanol–water partition coefficient (Wildman–Crippen LogP) is 3.13. The Balaban J connectivity index is 1.51. The largest absolute Gasteiger partial charge is 0.396 e. The number of nitrogens with zero attached hydrogens (tertiary/aromatic N) is 4. The van der Waals surface area contributed by atoms with E-state index in [-0.39, 0.29) is 37.4 Å². The molecule has 5 atom stereocenters. The summed E-state index contributed by atoms with van der Waals surface area (Å²) in [5.41, 5.74) is 2.85. The Morgan fingerprint density at radius 3 is 2.53 bits per heavy atom. The molecule has 0 aliphatic heterocycles. The van der Waals surface area contributed by atoms with Gasteiger partial charge in [0.25, 0.3) is 0 Å². The SMILES string of the molecule is Cc1nc(NC(C)C2CC(F)(F)C2)nc(N[C@@H]2C[C@H](CO)[C@@H](O)[C@H]2O)c1-c1nc2c(C)nccc2s1. The lowest BCUT2D eigenvalue weighted by Crippen LogP contribution is -2.44. The van der Waals surface area contributed by atoms with Gasteiger partial charge in [-0.1, -0.05) is 0 Å². The van der Waals surface area contributed by atoms with Crippen LogP contribution >= 0.6 is 11.3 Å². The highest BCUT2D eigenvalue weighted by Crippen LogP contribution is 2.45. The normalized spacial score (nSPS) is 26.7. The number of alkyl halides is 2. The maximum Gasteiger partial charge on any atom is 0.248 e. The molecule has 0 radical (unpaired) electrons. The summed E-state index contributed by atoms with van der Waals surface area (Å²) < 4.78 is 27.7. The molecule has 1 unspecified atom stereocenters. The van der Waals surface area contributed by atoms with Crippen LogP contribution in [0, 0.1) is 25.7 Å². The van der Waals surface area contributed by atoms with E-state index in [0.29, 0.717) is 28.5 Å². The molecule has 5 N–H and O–H groups in total. The molecule has 0 aromatic carbocycles. The molecule has 3 aromatic heterocycles. The number of hydrogen-bond acceptors (Lipinski definition) is 10. The second kappa shape index (κ2) is 9.40. The predicted molar refractivity (Wildman–Crippen MR) is 133 cm³/mol. The van der Waals surface area contributed by atoms with E-state index >= 15 is 0 Å². The van der Waals surface area contributed by atoms with Crippen molar-refractivity contribution in [2.24, 2.45) is 11.8 Å². The minimum absolute atomic E-state index is 0.170. The second-order valence-corrected chi connectivity index (χ2v) is 11.0. The van der Waals surface area contributed by atoms with E-state index in [9.17, 15) is 24.1 Å². The number of rotatable bonds is 7. The zero-order valence-corrected chi connectivity index (χ0v) is 21.1. The number of hydrogen-bond donors (Lipinski definition) is 5. The molecule has 0 amide bonds. The van der Waals surface area contributed by atoms with E-state index in [4.69, 9.17) is 4.98 Å². The lowest BCUT2D eigenvalue weighted by atomic mass is 9.77. The van der Waals surface area contributed by atoms with Crippen LogP contribution in [-0.4, -0.2) is 72.1 Å². The fourth-order valence-electron chi connectivity index (χ4n) is 5.09. The number of aliphatic hydroxyl groups is 3. The van der Waals surface area contributed by atoms with Gasteiger partial charge in [-0.05, 0) is 39.2 Å². The van der Waals surface area contributed by atoms with E-state index in [1.165, 1.54) is 11.3 Å². The molecule has 36 heavy (non-hydrogen) atoms. The quantitative estimate of drug-likeness (QED) is 0.318. The lowest BCUT2D eigenvalue weighted by Gasteiger charge is -2.39. The number of fused-ring (bicyclic) bond motifs is 1. The van der Waals surface area contributed by atoms with Crippen LogP contribution in [0.4, 0.5) is 20.5 Å². The average Bonchev–Trinajstić information content (AvgIpc) is 3.34. The average molecular weight is 521 g/mol. The summed E-state index contributed by atoms with van der Waals surface area (Å²) in [6, 6.07) is 1.08. The molecule has 2 aliphatic rings. The van der Waals surface area contributed by atoms with E-state index in [1.54, 1.807) is 6.20 Å². The van der Waals surface area contributed by atoms with Gasteiger partial charge in [0.05, 0.1) is 33.8 Å². The van der Waals surface area contributed by atoms with Gasteiger partial charge >= 0.3 is 0 Å². The Hall–Kier alpha value is -2.54. The standard InChI is InChI=1S/C24H30F2N6O3S/c1-10(14-7-24(25,26)8-14)28-23-29-11(2)17(22-31-18-12(3)27-5-4-16(18)36-22)21(32-23)30-15-6-13(9-33)19(34)20(15)35/h4-5,10,13-15,19-20,33-35H,6-9H2,1-3H3,(H2,28,29,30,32)/t10?,13-,15-,19-,20+/m1/s1. The van der Waals surface area contributed by atoms with Crippen molar-refractivity contribution in [1.29, 1.82) is 0 Å². The molecule has 5 rings (SSSR count). The van der Waals surface area contributed by atoms with E-state index < -0.39 is 30.1 Å². The Morgan fingerprint density at radius 2 is 1.89 bits per heavy atom. The second-order valence-electron chi connectivity index (χ2n) is 9.99. The zero-order valence-electron chi connectivity index (χ0n) is 20.2. The zero-order chi connectivity index (χ0) is 25.8. The first-order chi connectivity index (χ1) is 17.1. The molecule has 9 nitrogen and oxygen atoms in total. The van der Waals surface area contributed by atoms with Gasteiger partial charge in [0, 0.05) is 37.6 Å². The van der Waals surface area contributed by atoms with Crippen LogP contribution in [0.2, 0.25) is 0 Å².